The van der Waals surface area contributed by atoms with Crippen molar-refractivity contribution in [2.24, 2.45) is 0 Å². The average molecular weight is 309 g/mol. The van der Waals surface area contributed by atoms with Crippen LogP contribution in [0.2, 0.25) is 0 Å². The van der Waals surface area contributed by atoms with Crippen molar-refractivity contribution in [2.75, 3.05) is 5.73 Å². The first kappa shape index (κ1) is 14.4. The maximum Gasteiger partial charge on any atom is 0.247 e. The molecule has 0 aliphatic carbocycles. The van der Waals surface area contributed by atoms with E-state index < -0.39 is 0 Å². The normalized spacial score (nSPS) is 10.4. The van der Waals surface area contributed by atoms with Gasteiger partial charge in [-0.25, -0.2) is 4.98 Å². The minimum Gasteiger partial charge on any atom is -0.437 e. The van der Waals surface area contributed by atoms with Crippen molar-refractivity contribution in [3.63, 3.8) is 0 Å². The van der Waals surface area contributed by atoms with Gasteiger partial charge in [-0.15, -0.1) is 0 Å². The Morgan fingerprint density at radius 2 is 1.68 bits per heavy atom. The summed E-state index contributed by atoms with van der Waals surface area (Å²) in [7, 11) is 0. The van der Waals surface area contributed by atoms with Gasteiger partial charge in [0.1, 0.15) is 22.8 Å². The second-order valence-corrected chi connectivity index (χ2v) is 5.79. The molecule has 0 radical (unpaired) electrons. The summed E-state index contributed by atoms with van der Waals surface area (Å²) >= 11 is 1.49. The average Bonchev–Trinajstić information content (AvgIpc) is 2.54. The Morgan fingerprint density at radius 3 is 2.41 bits per heavy atom. The summed E-state index contributed by atoms with van der Waals surface area (Å²) in [5.41, 5.74) is 7.75. The molecule has 0 saturated carbocycles. The number of benzene rings is 2. The van der Waals surface area contributed by atoms with Crippen LogP contribution in [0.1, 0.15) is 5.56 Å². The van der Waals surface area contributed by atoms with E-state index in [4.69, 9.17) is 10.5 Å². The summed E-state index contributed by atoms with van der Waals surface area (Å²) in [4.78, 5) is 9.43. The van der Waals surface area contributed by atoms with E-state index in [0.29, 0.717) is 22.3 Å². The summed E-state index contributed by atoms with van der Waals surface area (Å²) in [6.07, 6.45) is 1.46. The maximum absolute atomic E-state index is 6.14. The zero-order valence-corrected chi connectivity index (χ0v) is 12.9. The van der Waals surface area contributed by atoms with Crippen LogP contribution >= 0.6 is 11.8 Å². The number of nitrogens with two attached hydrogens (primary N) is 1. The Bertz CT molecular complexity index is 761. The third kappa shape index (κ3) is 3.38. The van der Waals surface area contributed by atoms with Crippen LogP contribution in [-0.4, -0.2) is 9.97 Å². The highest BCUT2D eigenvalue weighted by molar-refractivity contribution is 7.99. The first-order chi connectivity index (χ1) is 10.7. The first-order valence-electron chi connectivity index (χ1n) is 6.80. The zero-order chi connectivity index (χ0) is 15.4. The van der Waals surface area contributed by atoms with Crippen molar-refractivity contribution in [3.05, 3.63) is 66.5 Å². The predicted octanol–water partition coefficient (Wildman–Crippen LogP) is 4.31. The Kier molecular flexibility index (Phi) is 4.25. The molecule has 0 atom stereocenters. The Balaban J connectivity index is 1.84. The van der Waals surface area contributed by atoms with Gasteiger partial charge in [0, 0.05) is 4.90 Å². The highest BCUT2D eigenvalue weighted by Gasteiger charge is 2.11. The number of hydrogen-bond acceptors (Lipinski definition) is 5. The molecular weight excluding hydrogens is 294 g/mol. The fourth-order valence-corrected chi connectivity index (χ4v) is 2.66. The molecule has 2 N–H and O–H groups in total. The van der Waals surface area contributed by atoms with Crippen LogP contribution in [0.3, 0.4) is 0 Å². The second kappa shape index (κ2) is 6.49. The molecule has 0 spiro atoms. The molecule has 1 heterocycles. The van der Waals surface area contributed by atoms with Gasteiger partial charge in [-0.3, -0.25) is 0 Å². The van der Waals surface area contributed by atoms with Crippen LogP contribution < -0.4 is 10.5 Å². The van der Waals surface area contributed by atoms with E-state index in [9.17, 15) is 0 Å². The van der Waals surface area contributed by atoms with Gasteiger partial charge < -0.3 is 10.5 Å². The largest absolute Gasteiger partial charge is 0.437 e. The molecule has 5 heteroatoms. The van der Waals surface area contributed by atoms with E-state index >= 15 is 0 Å². The number of nitrogen functional groups attached to an aromatic ring is 1. The summed E-state index contributed by atoms with van der Waals surface area (Å²) in [5, 5.41) is 0.684. The molecule has 0 bridgehead atoms. The van der Waals surface area contributed by atoms with Gasteiger partial charge in [-0.1, -0.05) is 47.7 Å². The minimum absolute atomic E-state index is 0.372. The van der Waals surface area contributed by atoms with Gasteiger partial charge >= 0.3 is 0 Å². The zero-order valence-electron chi connectivity index (χ0n) is 12.1. The number of anilines is 1. The summed E-state index contributed by atoms with van der Waals surface area (Å²) < 4.78 is 5.75. The van der Waals surface area contributed by atoms with Gasteiger partial charge in [-0.05, 0) is 31.2 Å². The number of aromatic nitrogens is 2. The molecule has 3 rings (SSSR count). The quantitative estimate of drug-likeness (QED) is 0.728. The smallest absolute Gasteiger partial charge is 0.247 e. The van der Waals surface area contributed by atoms with Gasteiger partial charge in [-0.2, -0.15) is 4.98 Å². The standard InChI is InChI=1S/C17H15N3OS/c1-12-7-9-13(10-8-12)21-16-15(18)17(20-11-19-16)22-14-5-3-2-4-6-14/h2-11H,18H2,1H3. The summed E-state index contributed by atoms with van der Waals surface area (Å²) in [6.45, 7) is 2.03. The lowest BCUT2D eigenvalue weighted by Crippen LogP contribution is -1.99. The van der Waals surface area contributed by atoms with Crippen molar-refractivity contribution in [2.45, 2.75) is 16.8 Å². The lowest BCUT2D eigenvalue weighted by molar-refractivity contribution is 0.462. The van der Waals surface area contributed by atoms with E-state index in [1.54, 1.807) is 0 Å². The molecule has 0 aliphatic rings. The van der Waals surface area contributed by atoms with Gasteiger partial charge in [0.15, 0.2) is 0 Å². The van der Waals surface area contributed by atoms with E-state index in [1.165, 1.54) is 23.7 Å². The molecule has 22 heavy (non-hydrogen) atoms. The molecule has 1 aromatic heterocycles. The lowest BCUT2D eigenvalue weighted by atomic mass is 10.2. The Labute approximate surface area is 133 Å². The molecule has 4 nitrogen and oxygen atoms in total. The van der Waals surface area contributed by atoms with Crippen LogP contribution in [0.5, 0.6) is 11.6 Å². The van der Waals surface area contributed by atoms with E-state index in [-0.39, 0.29) is 0 Å². The number of ether oxygens (including phenoxy) is 1. The van der Waals surface area contributed by atoms with Crippen LogP contribution in [-0.2, 0) is 0 Å². The van der Waals surface area contributed by atoms with E-state index in [0.717, 1.165) is 4.90 Å². The van der Waals surface area contributed by atoms with Gasteiger partial charge in [0.2, 0.25) is 5.88 Å². The molecular formula is C17H15N3OS. The maximum atomic E-state index is 6.14. The van der Waals surface area contributed by atoms with E-state index in [1.807, 2.05) is 61.5 Å². The highest BCUT2D eigenvalue weighted by atomic mass is 32.2. The van der Waals surface area contributed by atoms with E-state index in [2.05, 4.69) is 9.97 Å². The van der Waals surface area contributed by atoms with Crippen LogP contribution in [0, 0.1) is 6.92 Å². The minimum atomic E-state index is 0.372. The molecule has 0 saturated heterocycles. The van der Waals surface area contributed by atoms with Crippen LogP contribution in [0.4, 0.5) is 5.69 Å². The topological polar surface area (TPSA) is 61.0 Å². The van der Waals surface area contributed by atoms with Gasteiger partial charge in [0.25, 0.3) is 0 Å². The monoisotopic (exact) mass is 309 g/mol. The summed E-state index contributed by atoms with van der Waals surface area (Å²) in [5.74, 6) is 1.07. The Hall–Kier alpha value is -2.53. The number of nitrogens with zero attached hydrogens (tertiary/aromatic N) is 2. The molecule has 0 unspecified atom stereocenters. The molecule has 3 aromatic rings. The van der Waals surface area contributed by atoms with Crippen molar-refractivity contribution in [1.82, 2.24) is 9.97 Å². The third-order valence-electron chi connectivity index (χ3n) is 3.00. The Morgan fingerprint density at radius 1 is 0.955 bits per heavy atom. The molecule has 0 amide bonds. The molecule has 110 valence electrons. The second-order valence-electron chi connectivity index (χ2n) is 4.73. The summed E-state index contributed by atoms with van der Waals surface area (Å²) in [6, 6.07) is 17.7. The van der Waals surface area contributed by atoms with Crippen LogP contribution in [0.15, 0.2) is 70.8 Å². The number of rotatable bonds is 4. The molecule has 2 aromatic carbocycles. The fourth-order valence-electron chi connectivity index (χ4n) is 1.85. The van der Waals surface area contributed by atoms with Crippen molar-refractivity contribution in [1.29, 1.82) is 0 Å². The first-order valence-corrected chi connectivity index (χ1v) is 7.62. The number of aryl methyl sites for hydroxylation is 1. The van der Waals surface area contributed by atoms with Crippen molar-refractivity contribution >= 4 is 17.4 Å². The lowest BCUT2D eigenvalue weighted by Gasteiger charge is -2.10. The van der Waals surface area contributed by atoms with Crippen molar-refractivity contribution < 1.29 is 4.74 Å². The molecule has 0 fully saturated rings. The fraction of sp³-hybridized carbons (Fsp3) is 0.0588. The predicted molar refractivity (Wildman–Crippen MR) is 88.3 cm³/mol. The highest BCUT2D eigenvalue weighted by Crippen LogP contribution is 2.35. The van der Waals surface area contributed by atoms with Crippen LogP contribution in [0.25, 0.3) is 0 Å². The number of hydrogen-bond donors (Lipinski definition) is 1. The van der Waals surface area contributed by atoms with Gasteiger partial charge in [0.05, 0.1) is 0 Å². The third-order valence-corrected chi connectivity index (χ3v) is 4.03. The molecule has 0 aliphatic heterocycles. The van der Waals surface area contributed by atoms with Crippen molar-refractivity contribution in [3.8, 4) is 11.6 Å². The SMILES string of the molecule is Cc1ccc(Oc2ncnc(Sc3ccccc3)c2N)cc1.